The molecule has 17 heavy (non-hydrogen) atoms. The van der Waals surface area contributed by atoms with Gasteiger partial charge in [0.05, 0.1) is 0 Å². The van der Waals surface area contributed by atoms with Crippen molar-refractivity contribution < 1.29 is 0 Å². The third-order valence-electron chi connectivity index (χ3n) is 3.63. The number of benzene rings is 1. The average molecular weight is 233 g/mol. The summed E-state index contributed by atoms with van der Waals surface area (Å²) in [5, 5.41) is 3.16. The molecule has 0 saturated heterocycles. The van der Waals surface area contributed by atoms with Gasteiger partial charge in [0.2, 0.25) is 0 Å². The summed E-state index contributed by atoms with van der Waals surface area (Å²) in [6.45, 7) is 4.60. The van der Waals surface area contributed by atoms with E-state index in [0.717, 1.165) is 5.92 Å². The fourth-order valence-corrected chi connectivity index (χ4v) is 2.25. The minimum atomic E-state index is 0.916. The van der Waals surface area contributed by atoms with Crippen LogP contribution < -0.4 is 5.32 Å². The van der Waals surface area contributed by atoms with E-state index in [9.17, 15) is 0 Å². The van der Waals surface area contributed by atoms with E-state index in [4.69, 9.17) is 0 Å². The van der Waals surface area contributed by atoms with Gasteiger partial charge < -0.3 is 5.32 Å². The predicted molar refractivity (Wildman–Crippen MR) is 77.6 cm³/mol. The molecule has 0 aliphatic heterocycles. The molecule has 0 aliphatic rings. The maximum Gasteiger partial charge on any atom is 0.0337 e. The van der Waals surface area contributed by atoms with Crippen LogP contribution in [0.4, 0.5) is 5.69 Å². The zero-order valence-electron chi connectivity index (χ0n) is 11.6. The molecule has 0 saturated carbocycles. The Bertz CT molecular complexity index is 289. The highest BCUT2D eigenvalue weighted by Gasteiger charge is 2.05. The molecule has 1 heteroatoms. The van der Waals surface area contributed by atoms with Crippen LogP contribution in [0.15, 0.2) is 24.3 Å². The first-order valence-corrected chi connectivity index (χ1v) is 7.06. The topological polar surface area (TPSA) is 12.0 Å². The molecular weight excluding hydrogens is 206 g/mol. The van der Waals surface area contributed by atoms with Crippen LogP contribution >= 0.6 is 0 Å². The van der Waals surface area contributed by atoms with Gasteiger partial charge in [-0.3, -0.25) is 0 Å². The van der Waals surface area contributed by atoms with Gasteiger partial charge in [0, 0.05) is 12.7 Å². The maximum atomic E-state index is 3.16. The largest absolute Gasteiger partial charge is 0.388 e. The van der Waals surface area contributed by atoms with E-state index in [1.807, 2.05) is 7.05 Å². The molecule has 1 N–H and O–H groups in total. The van der Waals surface area contributed by atoms with Crippen LogP contribution in [0.2, 0.25) is 0 Å². The summed E-state index contributed by atoms with van der Waals surface area (Å²) in [5.74, 6) is 0.916. The van der Waals surface area contributed by atoms with Crippen LogP contribution in [0.3, 0.4) is 0 Å². The van der Waals surface area contributed by atoms with Gasteiger partial charge in [-0.05, 0) is 36.5 Å². The first-order valence-electron chi connectivity index (χ1n) is 7.06. The van der Waals surface area contributed by atoms with E-state index >= 15 is 0 Å². The van der Waals surface area contributed by atoms with Crippen LogP contribution in [-0.2, 0) is 6.42 Å². The van der Waals surface area contributed by atoms with Crippen molar-refractivity contribution in [1.82, 2.24) is 0 Å². The van der Waals surface area contributed by atoms with E-state index in [0.29, 0.717) is 0 Å². The Morgan fingerprint density at radius 1 is 1.06 bits per heavy atom. The monoisotopic (exact) mass is 233 g/mol. The molecule has 0 aliphatic carbocycles. The molecule has 0 fully saturated rings. The Morgan fingerprint density at radius 3 is 2.29 bits per heavy atom. The van der Waals surface area contributed by atoms with E-state index in [-0.39, 0.29) is 0 Å². The van der Waals surface area contributed by atoms with Crippen LogP contribution in [0.1, 0.15) is 51.5 Å². The van der Waals surface area contributed by atoms with Crippen LogP contribution in [-0.4, -0.2) is 7.05 Å². The van der Waals surface area contributed by atoms with Gasteiger partial charge >= 0.3 is 0 Å². The lowest BCUT2D eigenvalue weighted by Crippen LogP contribution is -2.01. The van der Waals surface area contributed by atoms with Crippen molar-refractivity contribution >= 4 is 5.69 Å². The molecule has 1 atom stereocenters. The lowest BCUT2D eigenvalue weighted by molar-refractivity contribution is 0.422. The summed E-state index contributed by atoms with van der Waals surface area (Å²) in [5.41, 5.74) is 2.67. The van der Waals surface area contributed by atoms with Crippen LogP contribution in [0.5, 0.6) is 0 Å². The molecule has 96 valence electrons. The van der Waals surface area contributed by atoms with Crippen molar-refractivity contribution in [3.8, 4) is 0 Å². The van der Waals surface area contributed by atoms with Crippen LogP contribution in [0, 0.1) is 5.92 Å². The molecule has 0 amide bonds. The predicted octanol–water partition coefficient (Wildman–Crippen LogP) is 4.88. The second-order valence-electron chi connectivity index (χ2n) is 4.90. The molecule has 1 aromatic carbocycles. The van der Waals surface area contributed by atoms with Crippen molar-refractivity contribution in [1.29, 1.82) is 0 Å². The molecule has 0 heterocycles. The summed E-state index contributed by atoms with van der Waals surface area (Å²) in [4.78, 5) is 0. The minimum absolute atomic E-state index is 0.916. The lowest BCUT2D eigenvalue weighted by atomic mass is 9.92. The first-order chi connectivity index (χ1) is 8.30. The van der Waals surface area contributed by atoms with E-state index in [2.05, 4.69) is 43.4 Å². The number of hydrogen-bond donors (Lipinski definition) is 1. The fraction of sp³-hybridized carbons (Fsp3) is 0.625. The Labute approximate surface area is 107 Å². The Kier molecular flexibility index (Phi) is 6.76. The summed E-state index contributed by atoms with van der Waals surface area (Å²) in [7, 11) is 1.97. The highest BCUT2D eigenvalue weighted by Crippen LogP contribution is 2.20. The highest BCUT2D eigenvalue weighted by atomic mass is 14.8. The first kappa shape index (κ1) is 14.1. The van der Waals surface area contributed by atoms with Gasteiger partial charge in [-0.1, -0.05) is 51.7 Å². The van der Waals surface area contributed by atoms with Gasteiger partial charge in [0.15, 0.2) is 0 Å². The molecular formula is C16H27N. The number of anilines is 1. The van der Waals surface area contributed by atoms with E-state index < -0.39 is 0 Å². The van der Waals surface area contributed by atoms with Gasteiger partial charge in [0.25, 0.3) is 0 Å². The van der Waals surface area contributed by atoms with Gasteiger partial charge in [-0.2, -0.15) is 0 Å². The van der Waals surface area contributed by atoms with E-state index in [1.54, 1.807) is 0 Å². The van der Waals surface area contributed by atoms with E-state index in [1.165, 1.54) is 49.8 Å². The number of hydrogen-bond acceptors (Lipinski definition) is 1. The quantitative estimate of drug-likeness (QED) is 0.675. The zero-order valence-corrected chi connectivity index (χ0v) is 11.6. The number of aryl methyl sites for hydroxylation is 1. The van der Waals surface area contributed by atoms with Gasteiger partial charge in [-0.15, -0.1) is 0 Å². The van der Waals surface area contributed by atoms with Crippen molar-refractivity contribution in [2.24, 2.45) is 5.92 Å². The lowest BCUT2D eigenvalue weighted by Gasteiger charge is -2.14. The second-order valence-corrected chi connectivity index (χ2v) is 4.90. The van der Waals surface area contributed by atoms with Crippen molar-refractivity contribution in [2.45, 2.75) is 52.4 Å². The molecule has 1 nitrogen and oxygen atoms in total. The molecule has 0 spiro atoms. The Hall–Kier alpha value is -0.980. The summed E-state index contributed by atoms with van der Waals surface area (Å²) in [6.07, 6.45) is 8.02. The third kappa shape index (κ3) is 5.25. The number of nitrogens with one attached hydrogen (secondary N) is 1. The standard InChI is InChI=1S/C16H27N/c1-4-6-7-14(5-2)8-9-15-10-12-16(17-3)13-11-15/h10-14,17H,4-9H2,1-3H3. The van der Waals surface area contributed by atoms with Crippen LogP contribution in [0.25, 0.3) is 0 Å². The molecule has 1 rings (SSSR count). The third-order valence-corrected chi connectivity index (χ3v) is 3.63. The maximum absolute atomic E-state index is 3.16. The SMILES string of the molecule is CCCCC(CC)CCc1ccc(NC)cc1. The summed E-state index contributed by atoms with van der Waals surface area (Å²) >= 11 is 0. The summed E-state index contributed by atoms with van der Waals surface area (Å²) in [6, 6.07) is 8.83. The molecule has 0 radical (unpaired) electrons. The number of unbranched alkanes of at least 4 members (excludes halogenated alkanes) is 1. The van der Waals surface area contributed by atoms with Crippen molar-refractivity contribution in [2.75, 3.05) is 12.4 Å². The summed E-state index contributed by atoms with van der Waals surface area (Å²) < 4.78 is 0. The normalized spacial score (nSPS) is 12.4. The molecule has 0 aromatic heterocycles. The van der Waals surface area contributed by atoms with Gasteiger partial charge in [-0.25, -0.2) is 0 Å². The second kappa shape index (κ2) is 8.16. The Morgan fingerprint density at radius 2 is 1.76 bits per heavy atom. The fourth-order valence-electron chi connectivity index (χ4n) is 2.25. The molecule has 1 unspecified atom stereocenters. The van der Waals surface area contributed by atoms with Crippen molar-refractivity contribution in [3.05, 3.63) is 29.8 Å². The average Bonchev–Trinajstić information content (AvgIpc) is 2.39. The molecule has 1 aromatic rings. The Balaban J connectivity index is 2.36. The smallest absolute Gasteiger partial charge is 0.0337 e. The minimum Gasteiger partial charge on any atom is -0.388 e. The number of rotatable bonds is 8. The highest BCUT2D eigenvalue weighted by molar-refractivity contribution is 5.43. The molecule has 0 bridgehead atoms. The van der Waals surface area contributed by atoms with Gasteiger partial charge in [0.1, 0.15) is 0 Å². The zero-order chi connectivity index (χ0) is 12.5. The van der Waals surface area contributed by atoms with Crippen molar-refractivity contribution in [3.63, 3.8) is 0 Å².